The molecular formula is C20H23ClFN3O. The molecule has 0 aliphatic rings. The van der Waals surface area contributed by atoms with Gasteiger partial charge in [0.2, 0.25) is 0 Å². The van der Waals surface area contributed by atoms with Gasteiger partial charge in [-0.25, -0.2) is 9.37 Å². The van der Waals surface area contributed by atoms with Crippen molar-refractivity contribution >= 4 is 22.6 Å². The number of nitrogens with zero attached hydrogens (tertiary/aromatic N) is 3. The molecule has 0 saturated carbocycles. The first-order valence-corrected chi connectivity index (χ1v) is 9.03. The molecule has 6 heteroatoms. The van der Waals surface area contributed by atoms with Gasteiger partial charge in [-0.1, -0.05) is 25.4 Å². The fourth-order valence-electron chi connectivity index (χ4n) is 3.09. The number of hydrogen-bond acceptors (Lipinski definition) is 3. The van der Waals surface area contributed by atoms with E-state index in [0.717, 1.165) is 27.9 Å². The lowest BCUT2D eigenvalue weighted by atomic mass is 10.1. The Morgan fingerprint density at radius 2 is 2.08 bits per heavy atom. The minimum absolute atomic E-state index is 0.291. The fraction of sp³-hybridized carbons (Fsp3) is 0.400. The third kappa shape index (κ3) is 3.46. The Balaban J connectivity index is 2.09. The number of pyridine rings is 2. The fourth-order valence-corrected chi connectivity index (χ4v) is 3.34. The monoisotopic (exact) mass is 375 g/mol. The van der Waals surface area contributed by atoms with Crippen molar-refractivity contribution in [2.24, 2.45) is 0 Å². The van der Waals surface area contributed by atoms with E-state index >= 15 is 0 Å². The molecule has 0 aliphatic carbocycles. The summed E-state index contributed by atoms with van der Waals surface area (Å²) in [6, 6.07) is 5.44. The molecule has 0 aliphatic heterocycles. The molecule has 0 bridgehead atoms. The van der Waals surface area contributed by atoms with Crippen molar-refractivity contribution in [1.29, 1.82) is 0 Å². The van der Waals surface area contributed by atoms with Crippen LogP contribution in [0, 0.1) is 6.92 Å². The number of aryl methyl sites for hydroxylation is 1. The summed E-state index contributed by atoms with van der Waals surface area (Å²) in [6.45, 7) is 5.95. The van der Waals surface area contributed by atoms with Gasteiger partial charge in [-0.05, 0) is 36.6 Å². The summed E-state index contributed by atoms with van der Waals surface area (Å²) in [4.78, 5) is 9.26. The van der Waals surface area contributed by atoms with Crippen LogP contribution in [0.1, 0.15) is 37.1 Å². The average Bonchev–Trinajstić information content (AvgIpc) is 2.94. The first-order chi connectivity index (χ1) is 12.5. The highest BCUT2D eigenvalue weighted by atomic mass is 35.5. The largest absolute Gasteiger partial charge is 0.382 e. The van der Waals surface area contributed by atoms with Crippen LogP contribution in [0.15, 0.2) is 30.6 Å². The van der Waals surface area contributed by atoms with Crippen LogP contribution in [0.4, 0.5) is 4.39 Å². The third-order valence-electron chi connectivity index (χ3n) is 4.52. The van der Waals surface area contributed by atoms with Gasteiger partial charge in [-0.2, -0.15) is 0 Å². The number of aromatic nitrogens is 3. The van der Waals surface area contributed by atoms with Gasteiger partial charge in [0, 0.05) is 30.8 Å². The second kappa shape index (κ2) is 7.72. The van der Waals surface area contributed by atoms with Gasteiger partial charge in [0.1, 0.15) is 6.67 Å². The van der Waals surface area contributed by atoms with Gasteiger partial charge in [-0.3, -0.25) is 4.98 Å². The van der Waals surface area contributed by atoms with Crippen LogP contribution in [0.3, 0.4) is 0 Å². The Morgan fingerprint density at radius 3 is 2.65 bits per heavy atom. The Labute approximate surface area is 158 Å². The van der Waals surface area contributed by atoms with Crippen LogP contribution < -0.4 is 0 Å². The topological polar surface area (TPSA) is 39.9 Å². The molecule has 0 aromatic carbocycles. The normalized spacial score (nSPS) is 12.9. The average molecular weight is 376 g/mol. The molecule has 0 spiro atoms. The van der Waals surface area contributed by atoms with E-state index in [1.54, 1.807) is 13.3 Å². The second-order valence-corrected chi connectivity index (χ2v) is 7.20. The summed E-state index contributed by atoms with van der Waals surface area (Å²) < 4.78 is 20.4. The van der Waals surface area contributed by atoms with Gasteiger partial charge in [-0.15, -0.1) is 0 Å². The number of halogens is 2. The minimum Gasteiger partial charge on any atom is -0.382 e. The van der Waals surface area contributed by atoms with Gasteiger partial charge < -0.3 is 9.30 Å². The van der Waals surface area contributed by atoms with Crippen LogP contribution in [-0.2, 0) is 4.74 Å². The predicted molar refractivity (Wildman–Crippen MR) is 104 cm³/mol. The molecule has 0 amide bonds. The summed E-state index contributed by atoms with van der Waals surface area (Å²) in [6.07, 6.45) is 3.71. The van der Waals surface area contributed by atoms with E-state index in [1.165, 1.54) is 0 Å². The van der Waals surface area contributed by atoms with Crippen molar-refractivity contribution in [1.82, 2.24) is 14.5 Å². The number of alkyl halides is 1. The lowest BCUT2D eigenvalue weighted by Gasteiger charge is -2.16. The van der Waals surface area contributed by atoms with Gasteiger partial charge in [0.25, 0.3) is 0 Å². The first-order valence-electron chi connectivity index (χ1n) is 8.65. The lowest BCUT2D eigenvalue weighted by Crippen LogP contribution is -2.15. The molecule has 0 N–H and O–H groups in total. The molecule has 3 rings (SSSR count). The van der Waals surface area contributed by atoms with E-state index in [9.17, 15) is 4.39 Å². The molecule has 0 fully saturated rings. The summed E-state index contributed by atoms with van der Waals surface area (Å²) in [5.41, 5.74) is 5.17. The van der Waals surface area contributed by atoms with Crippen LogP contribution in [0.2, 0.25) is 5.02 Å². The van der Waals surface area contributed by atoms with E-state index in [4.69, 9.17) is 21.3 Å². The van der Waals surface area contributed by atoms with Gasteiger partial charge in [0.05, 0.1) is 34.4 Å². The number of rotatable bonds is 6. The number of ether oxygens (including phenoxy) is 1. The first kappa shape index (κ1) is 18.8. The molecule has 3 aromatic rings. The molecule has 138 valence electrons. The van der Waals surface area contributed by atoms with E-state index in [2.05, 4.69) is 18.8 Å². The van der Waals surface area contributed by atoms with Gasteiger partial charge >= 0.3 is 0 Å². The molecule has 1 atom stereocenters. The highest BCUT2D eigenvalue weighted by Crippen LogP contribution is 2.32. The molecule has 26 heavy (non-hydrogen) atoms. The van der Waals surface area contributed by atoms with Crippen molar-refractivity contribution in [3.05, 3.63) is 46.9 Å². The molecule has 4 nitrogen and oxygen atoms in total. The summed E-state index contributed by atoms with van der Waals surface area (Å²) in [5, 5.41) is 0.519. The summed E-state index contributed by atoms with van der Waals surface area (Å²) in [5.74, 6) is 0.365. The zero-order valence-corrected chi connectivity index (χ0v) is 16.2. The van der Waals surface area contributed by atoms with E-state index in [0.29, 0.717) is 23.2 Å². The minimum atomic E-state index is -0.517. The highest BCUT2D eigenvalue weighted by Gasteiger charge is 2.18. The molecule has 0 saturated heterocycles. The molecule has 0 radical (unpaired) electrons. The quantitative estimate of drug-likeness (QED) is 0.583. The highest BCUT2D eigenvalue weighted by molar-refractivity contribution is 6.33. The van der Waals surface area contributed by atoms with Crippen molar-refractivity contribution in [3.63, 3.8) is 0 Å². The molecule has 0 unspecified atom stereocenters. The lowest BCUT2D eigenvalue weighted by molar-refractivity contribution is 0.142. The van der Waals surface area contributed by atoms with Crippen LogP contribution in [0.5, 0.6) is 0 Å². The maximum atomic E-state index is 13.5. The van der Waals surface area contributed by atoms with E-state index < -0.39 is 12.7 Å². The predicted octanol–water partition coefficient (Wildman–Crippen LogP) is 5.34. The van der Waals surface area contributed by atoms with Crippen molar-refractivity contribution in [3.8, 4) is 11.3 Å². The molecule has 3 aromatic heterocycles. The Bertz CT molecular complexity index is 906. The zero-order valence-electron chi connectivity index (χ0n) is 15.5. The van der Waals surface area contributed by atoms with Crippen molar-refractivity contribution in [2.75, 3.05) is 20.4 Å². The smallest absolute Gasteiger partial charge is 0.112 e. The molecular weight excluding hydrogens is 353 g/mol. The standard InChI is InChI=1S/C20H23ClFN3O/c1-12(2)17-6-5-14(9-23-17)20-16(21)7-18-19(24-20)13(3)10-25(18)15(8-22)11-26-4/h5-7,9-10,12,15H,8,11H2,1-4H3/t15-/m1/s1. The summed E-state index contributed by atoms with van der Waals surface area (Å²) >= 11 is 6.52. The zero-order chi connectivity index (χ0) is 18.8. The second-order valence-electron chi connectivity index (χ2n) is 6.80. The van der Waals surface area contributed by atoms with Crippen molar-refractivity contribution < 1.29 is 9.13 Å². The maximum absolute atomic E-state index is 13.5. The summed E-state index contributed by atoms with van der Waals surface area (Å²) in [7, 11) is 1.57. The van der Waals surface area contributed by atoms with Crippen LogP contribution in [-0.4, -0.2) is 34.9 Å². The Morgan fingerprint density at radius 1 is 1.31 bits per heavy atom. The number of hydrogen-bond donors (Lipinski definition) is 0. The van der Waals surface area contributed by atoms with E-state index in [1.807, 2.05) is 35.9 Å². The van der Waals surface area contributed by atoms with Crippen molar-refractivity contribution in [2.45, 2.75) is 32.7 Å². The van der Waals surface area contributed by atoms with E-state index in [-0.39, 0.29) is 0 Å². The third-order valence-corrected chi connectivity index (χ3v) is 4.81. The number of fused-ring (bicyclic) bond motifs is 1. The maximum Gasteiger partial charge on any atom is 0.112 e. The van der Waals surface area contributed by atoms with Crippen LogP contribution >= 0.6 is 11.6 Å². The number of methoxy groups -OCH3 is 1. The van der Waals surface area contributed by atoms with Gasteiger partial charge in [0.15, 0.2) is 0 Å². The SMILES string of the molecule is COC[C@@H](CF)n1cc(C)c2nc(-c3ccc(C(C)C)nc3)c(Cl)cc21. The Hall–Kier alpha value is -1.98. The Kier molecular flexibility index (Phi) is 5.58. The molecule has 3 heterocycles. The van der Waals surface area contributed by atoms with Crippen LogP contribution in [0.25, 0.3) is 22.3 Å².